The fraction of sp³-hybridized carbons (Fsp3) is 0.471. The number of aliphatic carboxylic acids is 1. The van der Waals surface area contributed by atoms with Crippen LogP contribution < -0.4 is 4.90 Å². The molecule has 1 N–H and O–H groups in total. The SMILES string of the molecule is CC(C)(C)OC(=O)Cc1cccc(N2CCC(C(=O)O)C2=O)c1. The second-order valence-electron chi connectivity index (χ2n) is 6.60. The number of carbonyl (C=O) groups excluding carboxylic acids is 2. The van der Waals surface area contributed by atoms with Gasteiger partial charge in [0.05, 0.1) is 6.42 Å². The Morgan fingerprint density at radius 2 is 2.04 bits per heavy atom. The molecule has 0 saturated carbocycles. The number of carboxylic acid groups (broad SMARTS) is 1. The number of rotatable bonds is 4. The molecule has 0 bridgehead atoms. The van der Waals surface area contributed by atoms with E-state index in [0.717, 1.165) is 5.56 Å². The van der Waals surface area contributed by atoms with E-state index in [4.69, 9.17) is 9.84 Å². The summed E-state index contributed by atoms with van der Waals surface area (Å²) in [7, 11) is 0. The van der Waals surface area contributed by atoms with Crippen LogP contribution in [0.4, 0.5) is 5.69 Å². The van der Waals surface area contributed by atoms with Crippen LogP contribution in [0.5, 0.6) is 0 Å². The fourth-order valence-electron chi connectivity index (χ4n) is 2.54. The number of amides is 1. The van der Waals surface area contributed by atoms with Crippen LogP contribution in [0.1, 0.15) is 32.8 Å². The molecule has 1 aliphatic heterocycles. The van der Waals surface area contributed by atoms with E-state index in [0.29, 0.717) is 18.7 Å². The van der Waals surface area contributed by atoms with Crippen LogP contribution in [0.25, 0.3) is 0 Å². The van der Waals surface area contributed by atoms with Crippen molar-refractivity contribution >= 4 is 23.5 Å². The molecule has 1 unspecified atom stereocenters. The Morgan fingerprint density at radius 1 is 1.35 bits per heavy atom. The molecule has 124 valence electrons. The Hall–Kier alpha value is -2.37. The van der Waals surface area contributed by atoms with Crippen LogP contribution in [0.15, 0.2) is 24.3 Å². The second kappa shape index (κ2) is 6.40. The topological polar surface area (TPSA) is 83.9 Å². The molecule has 2 rings (SSSR count). The number of hydrogen-bond donors (Lipinski definition) is 1. The average molecular weight is 319 g/mol. The van der Waals surface area contributed by atoms with E-state index >= 15 is 0 Å². The summed E-state index contributed by atoms with van der Waals surface area (Å²) in [6, 6.07) is 6.99. The molecule has 0 spiro atoms. The number of esters is 1. The first kappa shape index (κ1) is 17.0. The highest BCUT2D eigenvalue weighted by atomic mass is 16.6. The third-order valence-corrected chi connectivity index (χ3v) is 3.49. The van der Waals surface area contributed by atoms with Gasteiger partial charge >= 0.3 is 11.9 Å². The third kappa shape index (κ3) is 4.31. The highest BCUT2D eigenvalue weighted by Crippen LogP contribution is 2.26. The number of ether oxygens (including phenoxy) is 1. The van der Waals surface area contributed by atoms with Crippen LogP contribution in [0.3, 0.4) is 0 Å². The minimum absolute atomic E-state index is 0.107. The Morgan fingerprint density at radius 3 is 2.61 bits per heavy atom. The van der Waals surface area contributed by atoms with Gasteiger partial charge in [-0.15, -0.1) is 0 Å². The number of carbonyl (C=O) groups is 3. The normalized spacial score (nSPS) is 18.1. The number of nitrogens with zero attached hydrogens (tertiary/aromatic N) is 1. The van der Waals surface area contributed by atoms with Gasteiger partial charge in [-0.2, -0.15) is 0 Å². The zero-order chi connectivity index (χ0) is 17.2. The van der Waals surface area contributed by atoms with E-state index in [1.54, 1.807) is 45.0 Å². The first-order valence-corrected chi connectivity index (χ1v) is 7.52. The molecular formula is C17H21NO5. The van der Waals surface area contributed by atoms with E-state index in [9.17, 15) is 14.4 Å². The van der Waals surface area contributed by atoms with Crippen molar-refractivity contribution in [3.05, 3.63) is 29.8 Å². The lowest BCUT2D eigenvalue weighted by Crippen LogP contribution is -2.30. The lowest BCUT2D eigenvalue weighted by atomic mass is 10.1. The second-order valence-corrected chi connectivity index (χ2v) is 6.60. The largest absolute Gasteiger partial charge is 0.481 e. The first-order valence-electron chi connectivity index (χ1n) is 7.52. The minimum atomic E-state index is -1.09. The molecule has 0 aromatic heterocycles. The van der Waals surface area contributed by atoms with Gasteiger partial charge in [-0.1, -0.05) is 12.1 Å². The smallest absolute Gasteiger partial charge is 0.316 e. The average Bonchev–Trinajstić information content (AvgIpc) is 2.78. The van der Waals surface area contributed by atoms with Crippen molar-refractivity contribution < 1.29 is 24.2 Å². The zero-order valence-corrected chi connectivity index (χ0v) is 13.5. The summed E-state index contributed by atoms with van der Waals surface area (Å²) in [4.78, 5) is 36.5. The van der Waals surface area contributed by atoms with Crippen LogP contribution in [-0.2, 0) is 25.5 Å². The highest BCUT2D eigenvalue weighted by Gasteiger charge is 2.37. The molecule has 0 aliphatic carbocycles. The van der Waals surface area contributed by atoms with E-state index in [-0.39, 0.29) is 12.4 Å². The molecule has 1 aromatic carbocycles. The number of hydrogen-bond acceptors (Lipinski definition) is 4. The van der Waals surface area contributed by atoms with Gasteiger partial charge in [0.1, 0.15) is 11.5 Å². The molecule has 1 fully saturated rings. The zero-order valence-electron chi connectivity index (χ0n) is 13.5. The third-order valence-electron chi connectivity index (χ3n) is 3.49. The molecule has 1 atom stereocenters. The van der Waals surface area contributed by atoms with Crippen molar-refractivity contribution in [3.8, 4) is 0 Å². The van der Waals surface area contributed by atoms with Gasteiger partial charge in [0, 0.05) is 12.2 Å². The summed E-state index contributed by atoms with van der Waals surface area (Å²) in [6.07, 6.45) is 0.403. The van der Waals surface area contributed by atoms with Crippen molar-refractivity contribution in [3.63, 3.8) is 0 Å². The Bertz CT molecular complexity index is 632. The molecular weight excluding hydrogens is 298 g/mol. The van der Waals surface area contributed by atoms with Crippen molar-refractivity contribution in [1.29, 1.82) is 0 Å². The summed E-state index contributed by atoms with van der Waals surface area (Å²) in [5, 5.41) is 9.02. The molecule has 1 aliphatic rings. The van der Waals surface area contributed by atoms with Gasteiger partial charge in [-0.05, 0) is 44.9 Å². The van der Waals surface area contributed by atoms with Gasteiger partial charge in [0.25, 0.3) is 0 Å². The summed E-state index contributed by atoms with van der Waals surface area (Å²) in [5.41, 5.74) is 0.789. The predicted octanol–water partition coefficient (Wildman–Crippen LogP) is 2.01. The lowest BCUT2D eigenvalue weighted by molar-refractivity contribution is -0.154. The summed E-state index contributed by atoms with van der Waals surface area (Å²) < 4.78 is 5.28. The van der Waals surface area contributed by atoms with Crippen LogP contribution >= 0.6 is 0 Å². The lowest BCUT2D eigenvalue weighted by Gasteiger charge is -2.20. The van der Waals surface area contributed by atoms with Gasteiger partial charge in [-0.25, -0.2) is 0 Å². The van der Waals surface area contributed by atoms with Gasteiger partial charge < -0.3 is 14.7 Å². The quantitative estimate of drug-likeness (QED) is 0.678. The Kier molecular flexibility index (Phi) is 4.73. The fourth-order valence-corrected chi connectivity index (χ4v) is 2.54. The maximum absolute atomic E-state index is 12.1. The number of carboxylic acids is 1. The maximum Gasteiger partial charge on any atom is 0.316 e. The van der Waals surface area contributed by atoms with E-state index in [2.05, 4.69) is 0 Å². The Labute approximate surface area is 135 Å². The number of anilines is 1. The molecule has 1 saturated heterocycles. The minimum Gasteiger partial charge on any atom is -0.481 e. The van der Waals surface area contributed by atoms with Crippen LogP contribution in [0.2, 0.25) is 0 Å². The van der Waals surface area contributed by atoms with Crippen molar-refractivity contribution in [1.82, 2.24) is 0 Å². The van der Waals surface area contributed by atoms with Crippen LogP contribution in [0, 0.1) is 5.92 Å². The standard InChI is InChI=1S/C17H21NO5/c1-17(2,3)23-14(19)10-11-5-4-6-12(9-11)18-8-7-13(15(18)20)16(21)22/h4-6,9,13H,7-8,10H2,1-3H3,(H,21,22). The van der Waals surface area contributed by atoms with E-state index in [1.807, 2.05) is 0 Å². The monoisotopic (exact) mass is 319 g/mol. The van der Waals surface area contributed by atoms with Crippen molar-refractivity contribution in [2.24, 2.45) is 5.92 Å². The molecule has 1 amide bonds. The summed E-state index contributed by atoms with van der Waals surface area (Å²) >= 11 is 0. The molecule has 6 heteroatoms. The van der Waals surface area contributed by atoms with Crippen molar-refractivity contribution in [2.75, 3.05) is 11.4 Å². The van der Waals surface area contributed by atoms with E-state index < -0.39 is 23.4 Å². The molecule has 0 radical (unpaired) electrons. The Balaban J connectivity index is 2.10. The number of benzene rings is 1. The van der Waals surface area contributed by atoms with Crippen LogP contribution in [-0.4, -0.2) is 35.1 Å². The van der Waals surface area contributed by atoms with Gasteiger partial charge in [0.2, 0.25) is 5.91 Å². The summed E-state index contributed by atoms with van der Waals surface area (Å²) in [6.45, 7) is 5.77. The van der Waals surface area contributed by atoms with Gasteiger partial charge in [0.15, 0.2) is 0 Å². The van der Waals surface area contributed by atoms with Crippen molar-refractivity contribution in [2.45, 2.75) is 39.2 Å². The molecule has 23 heavy (non-hydrogen) atoms. The molecule has 1 heterocycles. The predicted molar refractivity (Wildman–Crippen MR) is 84.1 cm³/mol. The maximum atomic E-state index is 12.1. The summed E-state index contributed by atoms with van der Waals surface area (Å²) in [5.74, 6) is -2.83. The first-order chi connectivity index (χ1) is 10.7. The molecule has 6 nitrogen and oxygen atoms in total. The van der Waals surface area contributed by atoms with E-state index in [1.165, 1.54) is 4.90 Å². The van der Waals surface area contributed by atoms with Gasteiger partial charge in [-0.3, -0.25) is 14.4 Å². The molecule has 1 aromatic rings. The highest BCUT2D eigenvalue weighted by molar-refractivity contribution is 6.07.